The van der Waals surface area contributed by atoms with E-state index in [9.17, 15) is 4.79 Å². The molecule has 0 aromatic heterocycles. The van der Waals surface area contributed by atoms with Gasteiger partial charge in [0.1, 0.15) is 0 Å². The Morgan fingerprint density at radius 3 is 2.87 bits per heavy atom. The molecule has 4 nitrogen and oxygen atoms in total. The largest absolute Gasteiger partial charge is 0.466 e. The van der Waals surface area contributed by atoms with Crippen LogP contribution in [-0.2, 0) is 19.0 Å². The van der Waals surface area contributed by atoms with Crippen molar-refractivity contribution in [3.8, 4) is 0 Å². The number of methoxy groups -OCH3 is 1. The van der Waals surface area contributed by atoms with Gasteiger partial charge in [0.2, 0.25) is 0 Å². The summed E-state index contributed by atoms with van der Waals surface area (Å²) in [4.78, 5) is 11.4. The molecule has 1 rings (SSSR count). The molecule has 0 bridgehead atoms. The molecule has 0 aliphatic carbocycles. The van der Waals surface area contributed by atoms with Crippen molar-refractivity contribution < 1.29 is 19.0 Å². The zero-order valence-corrected chi connectivity index (χ0v) is 9.75. The van der Waals surface area contributed by atoms with Crippen LogP contribution in [-0.4, -0.2) is 31.6 Å². The zero-order valence-electron chi connectivity index (χ0n) is 9.75. The SMILES string of the molecule is CCOC(=O)CC1(OC)CCCC(C)O1. The number of esters is 1. The zero-order chi connectivity index (χ0) is 11.3. The average Bonchev–Trinajstić information content (AvgIpc) is 2.18. The summed E-state index contributed by atoms with van der Waals surface area (Å²) in [5.41, 5.74) is 0. The Hall–Kier alpha value is -0.610. The summed E-state index contributed by atoms with van der Waals surface area (Å²) < 4.78 is 16.0. The maximum absolute atomic E-state index is 11.4. The van der Waals surface area contributed by atoms with Crippen LogP contribution in [0.1, 0.15) is 39.5 Å². The first-order valence-electron chi connectivity index (χ1n) is 5.50. The fourth-order valence-electron chi connectivity index (χ4n) is 1.93. The van der Waals surface area contributed by atoms with E-state index in [1.165, 1.54) is 0 Å². The van der Waals surface area contributed by atoms with E-state index in [-0.39, 0.29) is 18.5 Å². The van der Waals surface area contributed by atoms with E-state index in [4.69, 9.17) is 14.2 Å². The van der Waals surface area contributed by atoms with Crippen LogP contribution in [0.15, 0.2) is 0 Å². The predicted octanol–water partition coefficient (Wildman–Crippen LogP) is 1.87. The third kappa shape index (κ3) is 3.47. The number of rotatable bonds is 4. The molecule has 1 aliphatic heterocycles. The van der Waals surface area contributed by atoms with Crippen molar-refractivity contribution in [2.75, 3.05) is 13.7 Å². The molecule has 1 saturated heterocycles. The number of hydrogen-bond acceptors (Lipinski definition) is 4. The lowest BCUT2D eigenvalue weighted by atomic mass is 9.99. The topological polar surface area (TPSA) is 44.8 Å². The Balaban J connectivity index is 2.55. The third-order valence-corrected chi connectivity index (χ3v) is 2.68. The second-order valence-corrected chi connectivity index (χ2v) is 3.92. The van der Waals surface area contributed by atoms with Crippen LogP contribution in [0.4, 0.5) is 0 Å². The normalized spacial score (nSPS) is 31.3. The number of carbonyl (C=O) groups excluding carboxylic acids is 1. The van der Waals surface area contributed by atoms with Gasteiger partial charge < -0.3 is 14.2 Å². The van der Waals surface area contributed by atoms with Crippen molar-refractivity contribution in [3.05, 3.63) is 0 Å². The number of ether oxygens (including phenoxy) is 3. The molecule has 15 heavy (non-hydrogen) atoms. The van der Waals surface area contributed by atoms with Crippen molar-refractivity contribution in [2.45, 2.75) is 51.4 Å². The summed E-state index contributed by atoms with van der Waals surface area (Å²) in [7, 11) is 1.58. The van der Waals surface area contributed by atoms with Gasteiger partial charge in [0.25, 0.3) is 0 Å². The van der Waals surface area contributed by atoms with Gasteiger partial charge in [-0.25, -0.2) is 0 Å². The summed E-state index contributed by atoms with van der Waals surface area (Å²) in [5, 5.41) is 0. The second kappa shape index (κ2) is 5.47. The maximum atomic E-state index is 11.4. The van der Waals surface area contributed by atoms with Crippen molar-refractivity contribution in [1.29, 1.82) is 0 Å². The number of hydrogen-bond donors (Lipinski definition) is 0. The van der Waals surface area contributed by atoms with E-state index in [1.807, 2.05) is 6.92 Å². The first-order chi connectivity index (χ1) is 7.12. The van der Waals surface area contributed by atoms with Crippen LogP contribution in [0.2, 0.25) is 0 Å². The maximum Gasteiger partial charge on any atom is 0.311 e. The second-order valence-electron chi connectivity index (χ2n) is 3.92. The molecule has 88 valence electrons. The molecule has 0 radical (unpaired) electrons. The third-order valence-electron chi connectivity index (χ3n) is 2.68. The van der Waals surface area contributed by atoms with Crippen molar-refractivity contribution in [3.63, 3.8) is 0 Å². The molecule has 2 atom stereocenters. The van der Waals surface area contributed by atoms with Gasteiger partial charge in [-0.2, -0.15) is 0 Å². The molecule has 0 spiro atoms. The highest BCUT2D eigenvalue weighted by molar-refractivity contribution is 5.70. The lowest BCUT2D eigenvalue weighted by Gasteiger charge is -2.38. The highest BCUT2D eigenvalue weighted by atomic mass is 16.7. The van der Waals surface area contributed by atoms with Gasteiger partial charge in [0, 0.05) is 13.5 Å². The van der Waals surface area contributed by atoms with E-state index in [0.717, 1.165) is 19.3 Å². The van der Waals surface area contributed by atoms with Gasteiger partial charge in [0.05, 0.1) is 19.1 Å². The van der Waals surface area contributed by atoms with Gasteiger partial charge in [-0.1, -0.05) is 0 Å². The van der Waals surface area contributed by atoms with E-state index in [2.05, 4.69) is 0 Å². The van der Waals surface area contributed by atoms with E-state index in [1.54, 1.807) is 14.0 Å². The highest BCUT2D eigenvalue weighted by Crippen LogP contribution is 2.32. The molecule has 2 unspecified atom stereocenters. The summed E-state index contributed by atoms with van der Waals surface area (Å²) in [5.74, 6) is -1.02. The van der Waals surface area contributed by atoms with Gasteiger partial charge in [0.15, 0.2) is 5.79 Å². The monoisotopic (exact) mass is 216 g/mol. The van der Waals surface area contributed by atoms with Gasteiger partial charge in [-0.05, 0) is 26.7 Å². The van der Waals surface area contributed by atoms with Crippen molar-refractivity contribution in [1.82, 2.24) is 0 Å². The van der Waals surface area contributed by atoms with Crippen LogP contribution in [0.5, 0.6) is 0 Å². The molecule has 0 N–H and O–H groups in total. The standard InChI is InChI=1S/C11H20O4/c1-4-14-10(12)8-11(13-3)7-5-6-9(2)15-11/h9H,4-8H2,1-3H3. The number of carbonyl (C=O) groups is 1. The van der Waals surface area contributed by atoms with Crippen LogP contribution < -0.4 is 0 Å². The minimum Gasteiger partial charge on any atom is -0.466 e. The van der Waals surface area contributed by atoms with Crippen LogP contribution in [0, 0.1) is 0 Å². The molecule has 0 aromatic rings. The van der Waals surface area contributed by atoms with Gasteiger partial charge >= 0.3 is 5.97 Å². The van der Waals surface area contributed by atoms with Crippen LogP contribution in [0.25, 0.3) is 0 Å². The van der Waals surface area contributed by atoms with Crippen molar-refractivity contribution in [2.24, 2.45) is 0 Å². The summed E-state index contributed by atoms with van der Waals surface area (Å²) in [6.07, 6.45) is 3.13. The Labute approximate surface area is 90.9 Å². The van der Waals surface area contributed by atoms with Gasteiger partial charge in [-0.3, -0.25) is 4.79 Å². The molecular weight excluding hydrogens is 196 g/mol. The van der Waals surface area contributed by atoms with Gasteiger partial charge in [-0.15, -0.1) is 0 Å². The predicted molar refractivity (Wildman–Crippen MR) is 55.4 cm³/mol. The molecule has 4 heteroatoms. The Kier molecular flexibility index (Phi) is 4.54. The fourth-order valence-corrected chi connectivity index (χ4v) is 1.93. The van der Waals surface area contributed by atoms with Crippen LogP contribution in [0.3, 0.4) is 0 Å². The molecular formula is C11H20O4. The first-order valence-corrected chi connectivity index (χ1v) is 5.50. The summed E-state index contributed by atoms with van der Waals surface area (Å²) in [6.45, 7) is 4.19. The quantitative estimate of drug-likeness (QED) is 0.673. The molecule has 0 aromatic carbocycles. The minimum atomic E-state index is -0.760. The lowest BCUT2D eigenvalue weighted by molar-refractivity contribution is -0.267. The molecule has 1 heterocycles. The van der Waals surface area contributed by atoms with E-state index in [0.29, 0.717) is 6.61 Å². The smallest absolute Gasteiger partial charge is 0.311 e. The molecule has 0 amide bonds. The molecule has 0 saturated carbocycles. The Bertz CT molecular complexity index is 217. The minimum absolute atomic E-state index is 0.146. The first kappa shape index (κ1) is 12.5. The Morgan fingerprint density at radius 2 is 2.33 bits per heavy atom. The van der Waals surface area contributed by atoms with E-state index < -0.39 is 5.79 Å². The highest BCUT2D eigenvalue weighted by Gasteiger charge is 2.38. The summed E-state index contributed by atoms with van der Waals surface area (Å²) >= 11 is 0. The fraction of sp³-hybridized carbons (Fsp3) is 0.909. The molecule has 1 fully saturated rings. The average molecular weight is 216 g/mol. The Morgan fingerprint density at radius 1 is 1.60 bits per heavy atom. The molecule has 1 aliphatic rings. The lowest BCUT2D eigenvalue weighted by Crippen LogP contribution is -2.43. The van der Waals surface area contributed by atoms with Crippen molar-refractivity contribution >= 4 is 5.97 Å². The van der Waals surface area contributed by atoms with E-state index >= 15 is 0 Å². The van der Waals surface area contributed by atoms with Crippen LogP contribution >= 0.6 is 0 Å². The summed E-state index contributed by atoms with van der Waals surface area (Å²) in [6, 6.07) is 0.